The highest BCUT2D eigenvalue weighted by atomic mass is 16.5. The van der Waals surface area contributed by atoms with Crippen LogP contribution in [0.1, 0.15) is 25.5 Å². The largest absolute Gasteiger partial charge is 0.476 e. The zero-order valence-electron chi connectivity index (χ0n) is 15.8. The Kier molecular flexibility index (Phi) is 7.89. The van der Waals surface area contributed by atoms with Gasteiger partial charge in [0.2, 0.25) is 5.88 Å². The minimum atomic E-state index is -0.0880. The number of fused-ring (bicyclic) bond motifs is 1. The van der Waals surface area contributed by atoms with Crippen molar-refractivity contribution in [3.63, 3.8) is 0 Å². The van der Waals surface area contributed by atoms with Gasteiger partial charge in [-0.25, -0.2) is 4.98 Å². The monoisotopic (exact) mass is 356 g/mol. The Bertz CT molecular complexity index is 822. The third-order valence-electron chi connectivity index (χ3n) is 3.84. The van der Waals surface area contributed by atoms with Gasteiger partial charge in [0.25, 0.3) is 5.56 Å². The van der Waals surface area contributed by atoms with Crippen LogP contribution in [0, 0.1) is 0 Å². The first-order valence-electron chi connectivity index (χ1n) is 8.98. The summed E-state index contributed by atoms with van der Waals surface area (Å²) in [7, 11) is 4.10. The van der Waals surface area contributed by atoms with E-state index in [1.54, 1.807) is 6.20 Å². The van der Waals surface area contributed by atoms with E-state index in [0.717, 1.165) is 29.9 Å². The molecule has 2 aromatic heterocycles. The minimum Gasteiger partial charge on any atom is -0.476 e. The van der Waals surface area contributed by atoms with Crippen molar-refractivity contribution in [2.45, 2.75) is 26.2 Å². The number of hydrogen-bond donors (Lipinski definition) is 2. The van der Waals surface area contributed by atoms with Gasteiger partial charge in [0, 0.05) is 29.9 Å². The number of pyridine rings is 1. The van der Waals surface area contributed by atoms with Crippen LogP contribution in [0.4, 0.5) is 0 Å². The maximum atomic E-state index is 9.98. The number of nitrogens with zero attached hydrogens (tertiary/aromatic N) is 2. The second-order valence-corrected chi connectivity index (χ2v) is 6.36. The van der Waals surface area contributed by atoms with Crippen LogP contribution in [0.25, 0.3) is 10.8 Å². The summed E-state index contributed by atoms with van der Waals surface area (Å²) in [6.07, 6.45) is 4.92. The van der Waals surface area contributed by atoms with E-state index in [2.05, 4.69) is 46.3 Å². The molecule has 1 aromatic carbocycles. The summed E-state index contributed by atoms with van der Waals surface area (Å²) in [5.74, 6) is 0.774. The second kappa shape index (κ2) is 10.4. The highest BCUT2D eigenvalue weighted by Crippen LogP contribution is 2.25. The number of aromatic amines is 2. The van der Waals surface area contributed by atoms with Crippen molar-refractivity contribution in [2.24, 2.45) is 0 Å². The maximum absolute atomic E-state index is 9.98. The normalized spacial score (nSPS) is 10.6. The van der Waals surface area contributed by atoms with Crippen molar-refractivity contribution in [1.82, 2.24) is 20.1 Å². The van der Waals surface area contributed by atoms with Crippen LogP contribution in [-0.4, -0.2) is 47.3 Å². The molecule has 26 heavy (non-hydrogen) atoms. The van der Waals surface area contributed by atoms with E-state index >= 15 is 0 Å². The Balaban J connectivity index is 0.000000342. The van der Waals surface area contributed by atoms with Crippen molar-refractivity contribution in [3.05, 3.63) is 58.6 Å². The summed E-state index contributed by atoms with van der Waals surface area (Å²) in [6, 6.07) is 11.9. The second-order valence-electron chi connectivity index (χ2n) is 6.36. The SMILES string of the molecule is CCCCc1cc2ccccc2c(OCCN(C)C)n1.O=c1cc[nH][nH]1. The van der Waals surface area contributed by atoms with Gasteiger partial charge in [-0.15, -0.1) is 0 Å². The predicted molar refractivity (Wildman–Crippen MR) is 106 cm³/mol. The predicted octanol–water partition coefficient (Wildman–Crippen LogP) is 3.22. The molecule has 0 aliphatic rings. The first kappa shape index (κ1) is 19.7. The van der Waals surface area contributed by atoms with Crippen LogP contribution in [0.5, 0.6) is 5.88 Å². The average molecular weight is 356 g/mol. The molecule has 0 radical (unpaired) electrons. The fraction of sp³-hybridized carbons (Fsp3) is 0.400. The number of aryl methyl sites for hydroxylation is 1. The molecular weight excluding hydrogens is 328 g/mol. The van der Waals surface area contributed by atoms with E-state index < -0.39 is 0 Å². The number of ether oxygens (including phenoxy) is 1. The Morgan fingerprint density at radius 1 is 1.19 bits per heavy atom. The summed E-state index contributed by atoms with van der Waals surface area (Å²) in [5.41, 5.74) is 1.04. The van der Waals surface area contributed by atoms with Crippen molar-refractivity contribution in [3.8, 4) is 5.88 Å². The molecule has 140 valence electrons. The number of benzene rings is 1. The Hall–Kier alpha value is -2.60. The zero-order chi connectivity index (χ0) is 18.8. The number of likely N-dealkylation sites (N-methyl/N-ethyl adjacent to an activating group) is 1. The molecule has 6 heteroatoms. The topological polar surface area (TPSA) is 74.0 Å². The fourth-order valence-corrected chi connectivity index (χ4v) is 2.41. The molecule has 0 aliphatic carbocycles. The van der Waals surface area contributed by atoms with Crippen LogP contribution >= 0.6 is 0 Å². The number of nitrogens with one attached hydrogen (secondary N) is 2. The van der Waals surface area contributed by atoms with E-state index in [1.807, 2.05) is 20.2 Å². The summed E-state index contributed by atoms with van der Waals surface area (Å²) in [4.78, 5) is 16.8. The maximum Gasteiger partial charge on any atom is 0.263 e. The van der Waals surface area contributed by atoms with Crippen LogP contribution in [0.15, 0.2) is 47.4 Å². The van der Waals surface area contributed by atoms with Crippen molar-refractivity contribution in [2.75, 3.05) is 27.2 Å². The first-order valence-corrected chi connectivity index (χ1v) is 8.98. The van der Waals surface area contributed by atoms with Gasteiger partial charge < -0.3 is 14.7 Å². The lowest BCUT2D eigenvalue weighted by atomic mass is 10.1. The van der Waals surface area contributed by atoms with E-state index in [0.29, 0.717) is 6.61 Å². The quantitative estimate of drug-likeness (QED) is 0.682. The van der Waals surface area contributed by atoms with Gasteiger partial charge in [0.1, 0.15) is 6.61 Å². The van der Waals surface area contributed by atoms with E-state index in [-0.39, 0.29) is 5.56 Å². The van der Waals surface area contributed by atoms with Gasteiger partial charge in [-0.1, -0.05) is 31.5 Å². The van der Waals surface area contributed by atoms with Gasteiger partial charge in [0.05, 0.1) is 0 Å². The van der Waals surface area contributed by atoms with Crippen molar-refractivity contribution >= 4 is 10.8 Å². The highest BCUT2D eigenvalue weighted by Gasteiger charge is 2.07. The third kappa shape index (κ3) is 6.37. The van der Waals surface area contributed by atoms with Gasteiger partial charge in [0.15, 0.2) is 0 Å². The molecule has 3 aromatic rings. The Labute approximate surface area is 154 Å². The standard InChI is InChI=1S/C17H24N2O.C3H4N2O/c1-4-5-9-15-13-14-8-6-7-10-16(14)17(18-15)20-12-11-19(2)3;6-3-1-2-4-5-3/h6-8,10,13H,4-5,9,11-12H2,1-3H3;1-2H,(H2,4,5,6). The number of hydrogen-bond acceptors (Lipinski definition) is 4. The minimum absolute atomic E-state index is 0.0880. The number of unbranched alkanes of at least 4 members (excludes halogenated alkanes) is 1. The fourth-order valence-electron chi connectivity index (χ4n) is 2.41. The number of aromatic nitrogens is 3. The highest BCUT2D eigenvalue weighted by molar-refractivity contribution is 5.87. The Morgan fingerprint density at radius 2 is 2.00 bits per heavy atom. The summed E-state index contributed by atoms with van der Waals surface area (Å²) in [5, 5.41) is 7.13. The summed E-state index contributed by atoms with van der Waals surface area (Å²) < 4.78 is 5.90. The lowest BCUT2D eigenvalue weighted by Crippen LogP contribution is -2.19. The summed E-state index contributed by atoms with van der Waals surface area (Å²) >= 11 is 0. The van der Waals surface area contributed by atoms with Crippen LogP contribution in [-0.2, 0) is 6.42 Å². The molecule has 0 fully saturated rings. The number of H-pyrrole nitrogens is 2. The van der Waals surface area contributed by atoms with E-state index in [4.69, 9.17) is 9.72 Å². The van der Waals surface area contributed by atoms with Gasteiger partial charge >= 0.3 is 0 Å². The smallest absolute Gasteiger partial charge is 0.263 e. The lowest BCUT2D eigenvalue weighted by Gasteiger charge is -2.13. The average Bonchev–Trinajstić information content (AvgIpc) is 3.11. The molecule has 3 rings (SSSR count). The van der Waals surface area contributed by atoms with Crippen LogP contribution in [0.3, 0.4) is 0 Å². The third-order valence-corrected chi connectivity index (χ3v) is 3.84. The lowest BCUT2D eigenvalue weighted by molar-refractivity contribution is 0.256. The molecule has 0 saturated carbocycles. The molecule has 2 heterocycles. The van der Waals surface area contributed by atoms with Crippen LogP contribution in [0.2, 0.25) is 0 Å². The molecule has 6 nitrogen and oxygen atoms in total. The van der Waals surface area contributed by atoms with Gasteiger partial charge in [-0.3, -0.25) is 9.89 Å². The molecule has 0 atom stereocenters. The molecule has 0 saturated heterocycles. The molecule has 0 unspecified atom stereocenters. The number of rotatable bonds is 7. The first-order chi connectivity index (χ1) is 12.6. The van der Waals surface area contributed by atoms with E-state index in [1.165, 1.54) is 24.3 Å². The molecule has 0 spiro atoms. The van der Waals surface area contributed by atoms with Crippen molar-refractivity contribution in [1.29, 1.82) is 0 Å². The van der Waals surface area contributed by atoms with E-state index in [9.17, 15) is 4.79 Å². The van der Waals surface area contributed by atoms with Gasteiger partial charge in [-0.2, -0.15) is 0 Å². The molecule has 2 N–H and O–H groups in total. The molecule has 0 amide bonds. The molecular formula is C20H28N4O2. The molecule has 0 bridgehead atoms. The van der Waals surface area contributed by atoms with Crippen LogP contribution < -0.4 is 10.3 Å². The van der Waals surface area contributed by atoms with Crippen molar-refractivity contribution < 1.29 is 4.74 Å². The molecule has 0 aliphatic heterocycles. The zero-order valence-corrected chi connectivity index (χ0v) is 15.8. The van der Waals surface area contributed by atoms with Gasteiger partial charge in [-0.05, 0) is 44.5 Å². The summed E-state index contributed by atoms with van der Waals surface area (Å²) in [6.45, 7) is 3.77. The Morgan fingerprint density at radius 3 is 2.62 bits per heavy atom.